The molecule has 0 aliphatic heterocycles. The number of benzene rings is 1. The van der Waals surface area contributed by atoms with Gasteiger partial charge in [-0.25, -0.2) is 0 Å². The number of hydrogen-bond donors (Lipinski definition) is 0. The Labute approximate surface area is 220 Å². The number of rotatable bonds is 10. The molecule has 3 rings (SSSR count). The summed E-state index contributed by atoms with van der Waals surface area (Å²) < 4.78 is 0. The Balaban J connectivity index is 0.000000558. The molecule has 0 N–H and O–H groups in total. The molecule has 2 aliphatic carbocycles. The van der Waals surface area contributed by atoms with Crippen molar-refractivity contribution in [2.45, 2.75) is 126 Å². The molecule has 0 saturated heterocycles. The van der Waals surface area contributed by atoms with E-state index < -0.39 is 0 Å². The monoisotopic (exact) mass is 494 g/mol. The van der Waals surface area contributed by atoms with E-state index in [0.29, 0.717) is 6.42 Å². The average Bonchev–Trinajstić information content (AvgIpc) is 2.82. The van der Waals surface area contributed by atoms with Crippen molar-refractivity contribution >= 4 is 17.3 Å². The van der Waals surface area contributed by atoms with Crippen molar-refractivity contribution in [3.05, 3.63) is 45.5 Å². The van der Waals surface area contributed by atoms with Crippen molar-refractivity contribution < 1.29 is 14.4 Å². The topological polar surface area (TPSA) is 51.2 Å². The first kappa shape index (κ1) is 30.2. The molecule has 3 atom stereocenters. The van der Waals surface area contributed by atoms with Gasteiger partial charge in [0.15, 0.2) is 5.78 Å². The van der Waals surface area contributed by atoms with Crippen LogP contribution < -0.4 is 0 Å². The summed E-state index contributed by atoms with van der Waals surface area (Å²) in [5, 5.41) is 0. The van der Waals surface area contributed by atoms with E-state index in [9.17, 15) is 14.4 Å². The van der Waals surface area contributed by atoms with E-state index in [0.717, 1.165) is 49.7 Å². The van der Waals surface area contributed by atoms with Crippen molar-refractivity contribution in [2.75, 3.05) is 0 Å². The number of allylic oxidation sites excluding steroid dienone is 2. The zero-order chi connectivity index (χ0) is 26.8. The fraction of sp³-hybridized carbons (Fsp3) is 0.667. The van der Waals surface area contributed by atoms with E-state index in [1.165, 1.54) is 49.3 Å². The van der Waals surface area contributed by atoms with Gasteiger partial charge in [0, 0.05) is 17.9 Å². The van der Waals surface area contributed by atoms with E-state index in [4.69, 9.17) is 0 Å². The summed E-state index contributed by atoms with van der Waals surface area (Å²) in [6.07, 6.45) is 14.0. The van der Waals surface area contributed by atoms with Gasteiger partial charge in [0.25, 0.3) is 0 Å². The molecule has 0 saturated carbocycles. The van der Waals surface area contributed by atoms with E-state index in [1.807, 2.05) is 6.92 Å². The summed E-state index contributed by atoms with van der Waals surface area (Å²) >= 11 is 0. The van der Waals surface area contributed by atoms with Crippen molar-refractivity contribution in [3.63, 3.8) is 0 Å². The molecule has 2 aliphatic rings. The third-order valence-corrected chi connectivity index (χ3v) is 8.33. The van der Waals surface area contributed by atoms with Gasteiger partial charge in [0.2, 0.25) is 0 Å². The predicted octanol–water partition coefficient (Wildman–Crippen LogP) is 8.50. The molecule has 0 radical (unpaired) electrons. The summed E-state index contributed by atoms with van der Waals surface area (Å²) in [6, 6.07) is 2.25. The standard InChI is InChI=1S/C26H38O3.C7H12/c1-7-10-21(22(9-3)24(28)12-17(5)27)13-19-14-23-20(8-2)11-16(4)18(6)26(23)25(29)15-19;1-7-5-3-2-4-6-7/h11,19,21-22H,7-10,12-15H2,1-6H3;5H,2-4,6H2,1H3. The van der Waals surface area contributed by atoms with Gasteiger partial charge in [0.1, 0.15) is 11.6 Å². The molecule has 0 aromatic heterocycles. The Bertz CT molecular complexity index is 952. The molecule has 3 heteroatoms. The highest BCUT2D eigenvalue weighted by Crippen LogP contribution is 2.38. The normalized spacial score (nSPS) is 18.9. The van der Waals surface area contributed by atoms with Crippen molar-refractivity contribution in [3.8, 4) is 0 Å². The van der Waals surface area contributed by atoms with E-state index in [1.54, 1.807) is 5.57 Å². The maximum atomic E-state index is 13.1. The molecular weight excluding hydrogens is 444 g/mol. The third kappa shape index (κ3) is 8.25. The van der Waals surface area contributed by atoms with Gasteiger partial charge in [-0.05, 0) is 113 Å². The Morgan fingerprint density at radius 1 is 1.06 bits per heavy atom. The number of carbonyl (C=O) groups is 3. The zero-order valence-electron chi connectivity index (χ0n) is 24.1. The smallest absolute Gasteiger partial charge is 0.163 e. The molecule has 0 amide bonds. The molecule has 200 valence electrons. The van der Waals surface area contributed by atoms with Crippen LogP contribution in [0.4, 0.5) is 0 Å². The zero-order valence-corrected chi connectivity index (χ0v) is 24.1. The minimum absolute atomic E-state index is 0.0452. The lowest BCUT2D eigenvalue weighted by Gasteiger charge is -2.33. The highest BCUT2D eigenvalue weighted by Gasteiger charge is 2.33. The quantitative estimate of drug-likeness (QED) is 0.242. The Morgan fingerprint density at radius 2 is 1.78 bits per heavy atom. The van der Waals surface area contributed by atoms with Crippen LogP contribution in [0.15, 0.2) is 17.7 Å². The fourth-order valence-electron chi connectivity index (χ4n) is 6.34. The first-order valence-corrected chi connectivity index (χ1v) is 14.5. The van der Waals surface area contributed by atoms with E-state index in [2.05, 4.69) is 46.8 Å². The van der Waals surface area contributed by atoms with Crippen LogP contribution in [0.5, 0.6) is 0 Å². The molecule has 0 heterocycles. The molecule has 1 aromatic carbocycles. The minimum atomic E-state index is -0.0688. The highest BCUT2D eigenvalue weighted by molar-refractivity contribution is 6.01. The van der Waals surface area contributed by atoms with Crippen LogP contribution in [-0.4, -0.2) is 17.3 Å². The maximum Gasteiger partial charge on any atom is 0.163 e. The van der Waals surface area contributed by atoms with Crippen molar-refractivity contribution in [1.82, 2.24) is 0 Å². The summed E-state index contributed by atoms with van der Waals surface area (Å²) in [4.78, 5) is 37.3. The van der Waals surface area contributed by atoms with Gasteiger partial charge in [-0.2, -0.15) is 0 Å². The largest absolute Gasteiger partial charge is 0.300 e. The van der Waals surface area contributed by atoms with Crippen molar-refractivity contribution in [1.29, 1.82) is 0 Å². The van der Waals surface area contributed by atoms with Gasteiger partial charge >= 0.3 is 0 Å². The van der Waals surface area contributed by atoms with Crippen LogP contribution >= 0.6 is 0 Å². The van der Waals surface area contributed by atoms with Gasteiger partial charge in [-0.15, -0.1) is 0 Å². The number of aryl methyl sites for hydroxylation is 2. The summed E-state index contributed by atoms with van der Waals surface area (Å²) in [6.45, 7) is 14.2. The summed E-state index contributed by atoms with van der Waals surface area (Å²) in [7, 11) is 0. The Hall–Kier alpha value is -2.03. The average molecular weight is 495 g/mol. The van der Waals surface area contributed by atoms with Crippen molar-refractivity contribution in [2.24, 2.45) is 17.8 Å². The Morgan fingerprint density at radius 3 is 2.28 bits per heavy atom. The Kier molecular flexibility index (Phi) is 12.3. The maximum absolute atomic E-state index is 13.1. The van der Waals surface area contributed by atoms with E-state index in [-0.39, 0.29) is 41.5 Å². The molecule has 3 unspecified atom stereocenters. The van der Waals surface area contributed by atoms with Crippen LogP contribution in [0.1, 0.15) is 131 Å². The van der Waals surface area contributed by atoms with Crippen LogP contribution in [-0.2, 0) is 22.4 Å². The highest BCUT2D eigenvalue weighted by atomic mass is 16.1. The van der Waals surface area contributed by atoms with E-state index >= 15 is 0 Å². The summed E-state index contributed by atoms with van der Waals surface area (Å²) in [5.41, 5.74) is 7.44. The molecule has 1 aromatic rings. The molecular formula is C33H50O3. The lowest BCUT2D eigenvalue weighted by Crippen LogP contribution is -2.30. The fourth-order valence-corrected chi connectivity index (χ4v) is 6.34. The van der Waals surface area contributed by atoms with Crippen LogP contribution in [0, 0.1) is 31.6 Å². The number of fused-ring (bicyclic) bond motifs is 1. The first-order valence-electron chi connectivity index (χ1n) is 14.5. The number of ketones is 3. The van der Waals surface area contributed by atoms with Gasteiger partial charge in [0.05, 0.1) is 6.42 Å². The molecule has 0 fully saturated rings. The predicted molar refractivity (Wildman–Crippen MR) is 151 cm³/mol. The third-order valence-electron chi connectivity index (χ3n) is 8.33. The molecule has 0 bridgehead atoms. The molecule has 0 spiro atoms. The van der Waals surface area contributed by atoms with Crippen LogP contribution in [0.2, 0.25) is 0 Å². The number of carbonyl (C=O) groups excluding carboxylic acids is 3. The minimum Gasteiger partial charge on any atom is -0.300 e. The van der Waals surface area contributed by atoms with Gasteiger partial charge in [-0.1, -0.05) is 51.3 Å². The van der Waals surface area contributed by atoms with Gasteiger partial charge in [-0.3, -0.25) is 14.4 Å². The van der Waals surface area contributed by atoms with Crippen LogP contribution in [0.3, 0.4) is 0 Å². The second kappa shape index (κ2) is 14.6. The number of Topliss-reactive ketones (excluding diaryl/α,β-unsaturated/α-hetero) is 3. The lowest BCUT2D eigenvalue weighted by atomic mass is 9.71. The second-order valence-corrected chi connectivity index (χ2v) is 11.3. The summed E-state index contributed by atoms with van der Waals surface area (Å²) in [5.74, 6) is 0.780. The van der Waals surface area contributed by atoms with Gasteiger partial charge < -0.3 is 0 Å². The second-order valence-electron chi connectivity index (χ2n) is 11.3. The molecule has 36 heavy (non-hydrogen) atoms. The number of hydrogen-bond acceptors (Lipinski definition) is 3. The lowest BCUT2D eigenvalue weighted by molar-refractivity contribution is -0.129. The molecule has 3 nitrogen and oxygen atoms in total. The van der Waals surface area contributed by atoms with Crippen LogP contribution in [0.25, 0.3) is 0 Å². The first-order chi connectivity index (χ1) is 17.1. The SMILES string of the molecule is CC1=CCCCC1.CCCC(CC1CC(=O)c2c(C)c(C)cc(CC)c2C1)C(CC)C(=O)CC(C)=O.